The van der Waals surface area contributed by atoms with Crippen LogP contribution < -0.4 is 5.73 Å². The van der Waals surface area contributed by atoms with Crippen molar-refractivity contribution < 1.29 is 14.9 Å². The first-order valence-electron chi connectivity index (χ1n) is 7.16. The summed E-state index contributed by atoms with van der Waals surface area (Å²) in [5.74, 6) is 0.0245. The van der Waals surface area contributed by atoms with Gasteiger partial charge in [-0.3, -0.25) is 0 Å². The molecule has 4 nitrogen and oxygen atoms in total. The van der Waals surface area contributed by atoms with E-state index in [0.29, 0.717) is 0 Å². The van der Waals surface area contributed by atoms with Gasteiger partial charge in [-0.25, -0.2) is 0 Å². The molecule has 1 heterocycles. The van der Waals surface area contributed by atoms with Crippen LogP contribution in [0.4, 0.5) is 0 Å². The minimum atomic E-state index is -0.543. The molecule has 0 aromatic carbocycles. The zero-order valence-corrected chi connectivity index (χ0v) is 11.7. The molecule has 0 spiro atoms. The van der Waals surface area contributed by atoms with Crippen LogP contribution in [0.5, 0.6) is 0 Å². The van der Waals surface area contributed by atoms with Gasteiger partial charge in [0.25, 0.3) is 0 Å². The summed E-state index contributed by atoms with van der Waals surface area (Å²) in [6.07, 6.45) is 3.10. The van der Waals surface area contributed by atoms with E-state index < -0.39 is 11.7 Å². The van der Waals surface area contributed by atoms with Crippen molar-refractivity contribution in [2.45, 2.75) is 70.3 Å². The van der Waals surface area contributed by atoms with Gasteiger partial charge in [0, 0.05) is 5.92 Å². The van der Waals surface area contributed by atoms with E-state index in [0.717, 1.165) is 25.7 Å². The number of hydrogen-bond acceptors (Lipinski definition) is 4. The topological polar surface area (TPSA) is 75.7 Å². The van der Waals surface area contributed by atoms with Crippen molar-refractivity contribution >= 4 is 0 Å². The number of ether oxygens (including phenoxy) is 1. The Kier molecular flexibility index (Phi) is 3.76. The highest BCUT2D eigenvalue weighted by atomic mass is 16.5. The van der Waals surface area contributed by atoms with E-state index in [1.165, 1.54) is 0 Å². The summed E-state index contributed by atoms with van der Waals surface area (Å²) in [6, 6.07) is -0.339. The Bertz CT molecular complexity index is 311. The highest BCUT2D eigenvalue weighted by molar-refractivity contribution is 5.16. The lowest BCUT2D eigenvalue weighted by atomic mass is 9.72. The van der Waals surface area contributed by atoms with Crippen LogP contribution >= 0.6 is 0 Å². The Morgan fingerprint density at radius 3 is 2.61 bits per heavy atom. The zero-order valence-electron chi connectivity index (χ0n) is 11.7. The Morgan fingerprint density at radius 2 is 2.11 bits per heavy atom. The minimum Gasteiger partial charge on any atom is -0.393 e. The van der Waals surface area contributed by atoms with Gasteiger partial charge in [-0.15, -0.1) is 0 Å². The average molecular weight is 257 g/mol. The van der Waals surface area contributed by atoms with Crippen LogP contribution in [-0.2, 0) is 4.74 Å². The number of rotatable bonds is 5. The van der Waals surface area contributed by atoms with Crippen molar-refractivity contribution in [1.29, 1.82) is 0 Å². The van der Waals surface area contributed by atoms with Gasteiger partial charge in [0.1, 0.15) is 0 Å². The van der Waals surface area contributed by atoms with E-state index in [9.17, 15) is 10.2 Å². The maximum Gasteiger partial charge on any atom is 0.0975 e. The summed E-state index contributed by atoms with van der Waals surface area (Å²) < 4.78 is 6.15. The average Bonchev–Trinajstić information content (AvgIpc) is 3.10. The fourth-order valence-electron chi connectivity index (χ4n) is 3.58. The van der Waals surface area contributed by atoms with Gasteiger partial charge >= 0.3 is 0 Å². The molecule has 18 heavy (non-hydrogen) atoms. The smallest absolute Gasteiger partial charge is 0.0975 e. The van der Waals surface area contributed by atoms with Crippen LogP contribution in [0, 0.1) is 11.3 Å². The van der Waals surface area contributed by atoms with E-state index in [-0.39, 0.29) is 30.1 Å². The Balaban J connectivity index is 2.20. The Morgan fingerprint density at radius 1 is 1.44 bits per heavy atom. The van der Waals surface area contributed by atoms with Crippen LogP contribution in [0.1, 0.15) is 46.5 Å². The molecule has 106 valence electrons. The molecule has 3 unspecified atom stereocenters. The number of hydrogen-bond donors (Lipinski definition) is 3. The van der Waals surface area contributed by atoms with E-state index in [4.69, 9.17) is 10.5 Å². The van der Waals surface area contributed by atoms with E-state index in [1.807, 2.05) is 0 Å². The molecule has 1 aliphatic carbocycles. The number of fused-ring (bicyclic) bond motifs is 1. The molecule has 2 rings (SSSR count). The normalized spacial score (nSPS) is 46.3. The third-order valence-corrected chi connectivity index (χ3v) is 5.18. The SMILES string of the molecule is CCCC(C)(CC)[C@@H]1O[C@@]2(CO)C[C@H]2C(O)C1N. The van der Waals surface area contributed by atoms with Crippen molar-refractivity contribution in [3.63, 3.8) is 0 Å². The van der Waals surface area contributed by atoms with Crippen LogP contribution in [0.25, 0.3) is 0 Å². The summed E-state index contributed by atoms with van der Waals surface area (Å²) in [6.45, 7) is 6.47. The molecule has 4 N–H and O–H groups in total. The third kappa shape index (κ3) is 1.99. The van der Waals surface area contributed by atoms with Gasteiger partial charge in [0.05, 0.1) is 30.5 Å². The van der Waals surface area contributed by atoms with Gasteiger partial charge < -0.3 is 20.7 Å². The third-order valence-electron chi connectivity index (χ3n) is 5.18. The fourth-order valence-corrected chi connectivity index (χ4v) is 3.58. The van der Waals surface area contributed by atoms with Crippen molar-refractivity contribution in [2.75, 3.05) is 6.61 Å². The fraction of sp³-hybridized carbons (Fsp3) is 1.00. The highest BCUT2D eigenvalue weighted by Gasteiger charge is 2.66. The lowest BCUT2D eigenvalue weighted by Crippen LogP contribution is -2.60. The monoisotopic (exact) mass is 257 g/mol. The lowest BCUT2D eigenvalue weighted by Gasteiger charge is -2.46. The largest absolute Gasteiger partial charge is 0.393 e. The molecule has 1 saturated carbocycles. The van der Waals surface area contributed by atoms with Crippen molar-refractivity contribution in [3.05, 3.63) is 0 Å². The maximum atomic E-state index is 10.3. The molecule has 2 aliphatic rings. The molecule has 0 bridgehead atoms. The summed E-state index contributed by atoms with van der Waals surface area (Å²) in [5.41, 5.74) is 5.66. The van der Waals surface area contributed by atoms with Gasteiger partial charge in [-0.2, -0.15) is 0 Å². The van der Waals surface area contributed by atoms with Crippen molar-refractivity contribution in [3.8, 4) is 0 Å². The van der Waals surface area contributed by atoms with Gasteiger partial charge in [-0.1, -0.05) is 27.2 Å². The first-order valence-corrected chi connectivity index (χ1v) is 7.16. The van der Waals surface area contributed by atoms with Crippen molar-refractivity contribution in [1.82, 2.24) is 0 Å². The molecular weight excluding hydrogens is 230 g/mol. The van der Waals surface area contributed by atoms with Crippen molar-refractivity contribution in [2.24, 2.45) is 17.1 Å². The van der Waals surface area contributed by atoms with Gasteiger partial charge in [0.2, 0.25) is 0 Å². The lowest BCUT2D eigenvalue weighted by molar-refractivity contribution is -0.176. The van der Waals surface area contributed by atoms with Crippen LogP contribution in [0.3, 0.4) is 0 Å². The maximum absolute atomic E-state index is 10.3. The molecule has 4 heteroatoms. The van der Waals surface area contributed by atoms with E-state index >= 15 is 0 Å². The molecule has 6 atom stereocenters. The molecule has 0 aromatic heterocycles. The molecule has 1 aliphatic heterocycles. The predicted molar refractivity (Wildman–Crippen MR) is 70.1 cm³/mol. The summed E-state index contributed by atoms with van der Waals surface area (Å²) >= 11 is 0. The quantitative estimate of drug-likeness (QED) is 0.688. The molecule has 1 saturated heterocycles. The Hall–Kier alpha value is -0.160. The Labute approximate surface area is 110 Å². The molecular formula is C14H27NO3. The first-order chi connectivity index (χ1) is 8.44. The summed E-state index contributed by atoms with van der Waals surface area (Å²) in [5, 5.41) is 19.8. The van der Waals surface area contributed by atoms with Crippen LogP contribution in [0.15, 0.2) is 0 Å². The van der Waals surface area contributed by atoms with E-state index in [1.54, 1.807) is 0 Å². The highest BCUT2D eigenvalue weighted by Crippen LogP contribution is 2.56. The number of aliphatic hydroxyl groups excluding tert-OH is 2. The standard InChI is InChI=1S/C14H27NO3/c1-4-6-13(3,5-2)12-10(15)11(17)9-7-14(9,8-16)18-12/h9-12,16-17H,4-8,15H2,1-3H3/t9-,10?,11?,12+,13?,14+/m0/s1. The second kappa shape index (κ2) is 4.75. The predicted octanol–water partition coefficient (Wildman–Crippen LogP) is 1.04. The minimum absolute atomic E-state index is 0.0101. The van der Waals surface area contributed by atoms with Gasteiger partial charge in [0.15, 0.2) is 0 Å². The second-order valence-corrected chi connectivity index (χ2v) is 6.40. The summed E-state index contributed by atoms with van der Waals surface area (Å²) in [7, 11) is 0. The first kappa shape index (κ1) is 14.3. The van der Waals surface area contributed by atoms with Crippen LogP contribution in [0.2, 0.25) is 0 Å². The van der Waals surface area contributed by atoms with E-state index in [2.05, 4.69) is 20.8 Å². The zero-order chi connectivity index (χ0) is 13.6. The number of aliphatic hydroxyl groups is 2. The molecule has 0 aromatic rings. The number of nitrogens with two attached hydrogens (primary N) is 1. The molecule has 0 radical (unpaired) electrons. The molecule has 0 amide bonds. The van der Waals surface area contributed by atoms with Crippen LogP contribution in [-0.4, -0.2) is 40.7 Å². The second-order valence-electron chi connectivity index (χ2n) is 6.40. The molecule has 2 fully saturated rings. The van der Waals surface area contributed by atoms with Gasteiger partial charge in [-0.05, 0) is 24.7 Å². The summed E-state index contributed by atoms with van der Waals surface area (Å²) in [4.78, 5) is 0.